The summed E-state index contributed by atoms with van der Waals surface area (Å²) in [7, 11) is 3.36. The van der Waals surface area contributed by atoms with Gasteiger partial charge in [0.2, 0.25) is 5.91 Å². The summed E-state index contributed by atoms with van der Waals surface area (Å²) in [6.45, 7) is 6.04. The quantitative estimate of drug-likeness (QED) is 0.831. The number of amides is 2. The first kappa shape index (κ1) is 15.5. The van der Waals surface area contributed by atoms with Gasteiger partial charge in [0.1, 0.15) is 11.7 Å². The van der Waals surface area contributed by atoms with Gasteiger partial charge >= 0.3 is 0 Å². The third-order valence-electron chi connectivity index (χ3n) is 3.88. The lowest BCUT2D eigenvalue weighted by Gasteiger charge is -2.41. The molecule has 2 rings (SSSR count). The van der Waals surface area contributed by atoms with E-state index in [1.807, 2.05) is 0 Å². The van der Waals surface area contributed by atoms with Crippen LogP contribution in [0.4, 0.5) is 0 Å². The maximum atomic E-state index is 12.6. The molecule has 1 fully saturated rings. The van der Waals surface area contributed by atoms with Gasteiger partial charge in [0.15, 0.2) is 0 Å². The normalized spacial score (nSPS) is 19.9. The molecule has 7 heteroatoms. The van der Waals surface area contributed by atoms with Crippen molar-refractivity contribution in [1.82, 2.24) is 24.9 Å². The fourth-order valence-corrected chi connectivity index (χ4v) is 2.58. The Balaban J connectivity index is 2.20. The monoisotopic (exact) mass is 293 g/mol. The van der Waals surface area contributed by atoms with Gasteiger partial charge in [-0.25, -0.2) is 0 Å². The van der Waals surface area contributed by atoms with Crippen molar-refractivity contribution >= 4 is 11.8 Å². The Hall–Kier alpha value is -1.89. The largest absolute Gasteiger partial charge is 0.357 e. The highest BCUT2D eigenvalue weighted by atomic mass is 16.2. The molecule has 1 aromatic heterocycles. The number of aromatic nitrogens is 2. The average molecular weight is 293 g/mol. The number of aryl methyl sites for hydroxylation is 1. The Morgan fingerprint density at radius 2 is 2.10 bits per heavy atom. The Morgan fingerprint density at radius 3 is 2.62 bits per heavy atom. The van der Waals surface area contributed by atoms with Crippen LogP contribution in [0.2, 0.25) is 0 Å². The first-order valence-electron chi connectivity index (χ1n) is 7.20. The van der Waals surface area contributed by atoms with Crippen LogP contribution in [0.1, 0.15) is 24.3 Å². The molecule has 1 atom stereocenters. The standard InChI is InChI=1S/C14H23N5O2/c1-10(2)18-7-8-19(12(9-18)13(20)15-3)14(21)11-5-6-17(4)16-11/h5-6,10,12H,7-9H2,1-4H3,(H,15,20). The molecule has 21 heavy (non-hydrogen) atoms. The number of piperazine rings is 1. The van der Waals surface area contributed by atoms with Crippen LogP contribution in [0.25, 0.3) is 0 Å². The van der Waals surface area contributed by atoms with Crippen LogP contribution >= 0.6 is 0 Å². The van der Waals surface area contributed by atoms with Gasteiger partial charge < -0.3 is 10.2 Å². The van der Waals surface area contributed by atoms with E-state index in [1.165, 1.54) is 0 Å². The van der Waals surface area contributed by atoms with E-state index < -0.39 is 6.04 Å². The van der Waals surface area contributed by atoms with Crippen LogP contribution in [0.15, 0.2) is 12.3 Å². The predicted octanol–water partition coefficient (Wildman–Crippen LogP) is -0.299. The molecular formula is C14H23N5O2. The Bertz CT molecular complexity index is 525. The summed E-state index contributed by atoms with van der Waals surface area (Å²) in [5.41, 5.74) is 0.379. The lowest BCUT2D eigenvalue weighted by Crippen LogP contribution is -2.61. The molecule has 1 aromatic rings. The molecule has 2 heterocycles. The Labute approximate surface area is 124 Å². The van der Waals surface area contributed by atoms with E-state index in [-0.39, 0.29) is 11.8 Å². The molecule has 0 saturated carbocycles. The van der Waals surface area contributed by atoms with Crippen LogP contribution in [0.3, 0.4) is 0 Å². The van der Waals surface area contributed by atoms with Gasteiger partial charge in [-0.3, -0.25) is 19.2 Å². The van der Waals surface area contributed by atoms with E-state index in [2.05, 4.69) is 29.2 Å². The molecule has 2 amide bonds. The molecule has 116 valence electrons. The van der Waals surface area contributed by atoms with Crippen molar-refractivity contribution in [2.24, 2.45) is 7.05 Å². The maximum absolute atomic E-state index is 12.6. The zero-order chi connectivity index (χ0) is 15.6. The van der Waals surface area contributed by atoms with Crippen LogP contribution in [0, 0.1) is 0 Å². The fourth-order valence-electron chi connectivity index (χ4n) is 2.58. The van der Waals surface area contributed by atoms with Gasteiger partial charge in [0.05, 0.1) is 0 Å². The van der Waals surface area contributed by atoms with E-state index in [1.54, 1.807) is 35.9 Å². The lowest BCUT2D eigenvalue weighted by atomic mass is 10.1. The van der Waals surface area contributed by atoms with E-state index >= 15 is 0 Å². The summed E-state index contributed by atoms with van der Waals surface area (Å²) in [6.07, 6.45) is 1.73. The summed E-state index contributed by atoms with van der Waals surface area (Å²) in [6, 6.07) is 1.56. The molecule has 1 aliphatic heterocycles. The van der Waals surface area contributed by atoms with Gasteiger partial charge in [0.25, 0.3) is 5.91 Å². The third-order valence-corrected chi connectivity index (χ3v) is 3.88. The zero-order valence-corrected chi connectivity index (χ0v) is 13.0. The number of rotatable bonds is 3. The number of hydrogen-bond donors (Lipinski definition) is 1. The van der Waals surface area contributed by atoms with E-state index in [9.17, 15) is 9.59 Å². The number of likely N-dealkylation sites (N-methyl/N-ethyl adjacent to an activating group) is 1. The third kappa shape index (κ3) is 3.24. The topological polar surface area (TPSA) is 70.5 Å². The van der Waals surface area contributed by atoms with E-state index in [0.29, 0.717) is 24.8 Å². The highest BCUT2D eigenvalue weighted by molar-refractivity contribution is 5.96. The SMILES string of the molecule is CNC(=O)C1CN(C(C)C)CCN1C(=O)c1ccn(C)n1. The first-order chi connectivity index (χ1) is 9.93. The highest BCUT2D eigenvalue weighted by Crippen LogP contribution is 2.15. The molecule has 0 bridgehead atoms. The molecule has 1 unspecified atom stereocenters. The number of nitrogens with zero attached hydrogens (tertiary/aromatic N) is 4. The highest BCUT2D eigenvalue weighted by Gasteiger charge is 2.36. The summed E-state index contributed by atoms with van der Waals surface area (Å²) < 4.78 is 1.59. The van der Waals surface area contributed by atoms with Crippen LogP contribution in [0.5, 0.6) is 0 Å². The maximum Gasteiger partial charge on any atom is 0.275 e. The van der Waals surface area contributed by atoms with Gasteiger partial charge in [-0.05, 0) is 19.9 Å². The van der Waals surface area contributed by atoms with Crippen molar-refractivity contribution in [3.05, 3.63) is 18.0 Å². The molecular weight excluding hydrogens is 270 g/mol. The molecule has 1 saturated heterocycles. The van der Waals surface area contributed by atoms with E-state index in [0.717, 1.165) is 6.54 Å². The van der Waals surface area contributed by atoms with Crippen molar-refractivity contribution in [2.75, 3.05) is 26.7 Å². The predicted molar refractivity (Wildman–Crippen MR) is 78.8 cm³/mol. The minimum Gasteiger partial charge on any atom is -0.357 e. The van der Waals surface area contributed by atoms with E-state index in [4.69, 9.17) is 0 Å². The minimum absolute atomic E-state index is 0.135. The van der Waals surface area contributed by atoms with Crippen LogP contribution < -0.4 is 5.32 Å². The molecule has 7 nitrogen and oxygen atoms in total. The van der Waals surface area contributed by atoms with Crippen molar-refractivity contribution in [3.8, 4) is 0 Å². The molecule has 0 spiro atoms. The summed E-state index contributed by atoms with van der Waals surface area (Å²) in [4.78, 5) is 28.5. The molecule has 0 aliphatic carbocycles. The minimum atomic E-state index is -0.472. The van der Waals surface area contributed by atoms with Crippen LogP contribution in [-0.4, -0.2) is 70.2 Å². The second-order valence-corrected chi connectivity index (χ2v) is 5.59. The molecule has 1 N–H and O–H groups in total. The molecule has 0 aromatic carbocycles. The van der Waals surface area contributed by atoms with Gasteiger partial charge in [-0.15, -0.1) is 0 Å². The Morgan fingerprint density at radius 1 is 1.38 bits per heavy atom. The summed E-state index contributed by atoms with van der Waals surface area (Å²) in [5, 5.41) is 6.79. The van der Waals surface area contributed by atoms with Crippen molar-refractivity contribution in [1.29, 1.82) is 0 Å². The van der Waals surface area contributed by atoms with Crippen molar-refractivity contribution in [2.45, 2.75) is 25.9 Å². The second kappa shape index (κ2) is 6.26. The number of nitrogens with one attached hydrogen (secondary N) is 1. The Kier molecular flexibility index (Phi) is 4.62. The van der Waals surface area contributed by atoms with Crippen LogP contribution in [-0.2, 0) is 11.8 Å². The van der Waals surface area contributed by atoms with Gasteiger partial charge in [-0.2, -0.15) is 5.10 Å². The summed E-state index contributed by atoms with van der Waals surface area (Å²) >= 11 is 0. The van der Waals surface area contributed by atoms with Gasteiger partial charge in [0, 0.05) is 46.0 Å². The van der Waals surface area contributed by atoms with Gasteiger partial charge in [-0.1, -0.05) is 0 Å². The smallest absolute Gasteiger partial charge is 0.275 e. The number of carbonyl (C=O) groups is 2. The average Bonchev–Trinajstić information content (AvgIpc) is 2.91. The molecule has 0 radical (unpaired) electrons. The fraction of sp³-hybridized carbons (Fsp3) is 0.643. The zero-order valence-electron chi connectivity index (χ0n) is 13.0. The number of carbonyl (C=O) groups excluding carboxylic acids is 2. The number of hydrogen-bond acceptors (Lipinski definition) is 4. The van der Waals surface area contributed by atoms with Crippen molar-refractivity contribution in [3.63, 3.8) is 0 Å². The second-order valence-electron chi connectivity index (χ2n) is 5.59. The first-order valence-corrected chi connectivity index (χ1v) is 7.20. The lowest BCUT2D eigenvalue weighted by molar-refractivity contribution is -0.127. The summed E-state index contributed by atoms with van der Waals surface area (Å²) in [5.74, 6) is -0.322. The van der Waals surface area contributed by atoms with Crippen molar-refractivity contribution < 1.29 is 9.59 Å². The molecule has 1 aliphatic rings.